The minimum Gasteiger partial charge on any atom is -0.453 e. The molecule has 16 aromatic rings. The van der Waals surface area contributed by atoms with E-state index in [-0.39, 0.29) is 0 Å². The van der Waals surface area contributed by atoms with Gasteiger partial charge >= 0.3 is 0 Å². The first-order valence-corrected chi connectivity index (χ1v) is 26.8. The second-order valence-corrected chi connectivity index (χ2v) is 20.8. The Kier molecular flexibility index (Phi) is 9.73. The number of hydrogen-bond acceptors (Lipinski definition) is 4. The highest BCUT2D eigenvalue weighted by Crippen LogP contribution is 2.53. The molecule has 0 radical (unpaired) electrons. The highest BCUT2D eigenvalue weighted by molar-refractivity contribution is 6.30. The van der Waals surface area contributed by atoms with Crippen molar-refractivity contribution in [1.29, 1.82) is 0 Å². The predicted molar refractivity (Wildman–Crippen MR) is 329 cm³/mol. The Labute approximate surface area is 450 Å². The number of fused-ring (bicyclic) bond motifs is 10. The second-order valence-electron chi connectivity index (χ2n) is 20.8. The molecule has 0 N–H and O–H groups in total. The van der Waals surface area contributed by atoms with Gasteiger partial charge in [0.25, 0.3) is 0 Å². The van der Waals surface area contributed by atoms with E-state index in [4.69, 9.17) is 8.83 Å². The fourth-order valence-electron chi connectivity index (χ4n) is 12.9. The molecule has 0 spiro atoms. The van der Waals surface area contributed by atoms with Crippen LogP contribution < -0.4 is 9.80 Å². The third kappa shape index (κ3) is 6.53. The molecule has 0 saturated carbocycles. The molecule has 4 heteroatoms. The lowest BCUT2D eigenvalue weighted by atomic mass is 9.91. The van der Waals surface area contributed by atoms with Gasteiger partial charge in [-0.1, -0.05) is 206 Å². The lowest BCUT2D eigenvalue weighted by molar-refractivity contribution is 0.669. The van der Waals surface area contributed by atoms with Crippen molar-refractivity contribution in [1.82, 2.24) is 0 Å². The summed E-state index contributed by atoms with van der Waals surface area (Å²) < 4.78 is 14.8. The first-order chi connectivity index (χ1) is 38.6. The van der Waals surface area contributed by atoms with E-state index in [2.05, 4.69) is 278 Å². The van der Waals surface area contributed by atoms with Crippen LogP contribution in [0.2, 0.25) is 0 Å². The maximum Gasteiger partial charge on any atom is 0.159 e. The Bertz CT molecular complexity index is 4720. The number of benzene rings is 14. The highest BCUT2D eigenvalue weighted by Gasteiger charge is 2.29. The molecule has 14 aromatic carbocycles. The van der Waals surface area contributed by atoms with Gasteiger partial charge in [-0.25, -0.2) is 0 Å². The number of hydrogen-bond donors (Lipinski definition) is 0. The molecule has 0 aliphatic heterocycles. The monoisotopic (exact) mass is 996 g/mol. The molecule has 2 aromatic heterocycles. The van der Waals surface area contributed by atoms with Crippen molar-refractivity contribution >= 4 is 132 Å². The minimum absolute atomic E-state index is 0.855. The molecule has 78 heavy (non-hydrogen) atoms. The Hall–Kier alpha value is -10.2. The van der Waals surface area contributed by atoms with Crippen LogP contribution in [0, 0.1) is 13.8 Å². The van der Waals surface area contributed by atoms with Crippen molar-refractivity contribution in [3.63, 3.8) is 0 Å². The van der Waals surface area contributed by atoms with E-state index >= 15 is 0 Å². The zero-order chi connectivity index (χ0) is 51.6. The van der Waals surface area contributed by atoms with Crippen LogP contribution in [0.25, 0.3) is 120 Å². The lowest BCUT2D eigenvalue weighted by Gasteiger charge is -2.30. The average molecular weight is 997 g/mol. The van der Waals surface area contributed by atoms with Crippen molar-refractivity contribution < 1.29 is 8.83 Å². The fourth-order valence-corrected chi connectivity index (χ4v) is 12.9. The van der Waals surface area contributed by atoms with Gasteiger partial charge in [0.05, 0.1) is 22.7 Å². The van der Waals surface area contributed by atoms with Gasteiger partial charge in [-0.3, -0.25) is 0 Å². The van der Waals surface area contributed by atoms with Gasteiger partial charge in [-0.05, 0) is 128 Å². The van der Waals surface area contributed by atoms with Crippen LogP contribution in [0.1, 0.15) is 11.1 Å². The van der Waals surface area contributed by atoms with E-state index in [0.717, 1.165) is 122 Å². The smallest absolute Gasteiger partial charge is 0.159 e. The van der Waals surface area contributed by atoms with E-state index in [1.807, 2.05) is 0 Å². The molecule has 4 nitrogen and oxygen atoms in total. The fraction of sp³-hybridized carbons (Fsp3) is 0.0270. The highest BCUT2D eigenvalue weighted by atomic mass is 16.3. The summed E-state index contributed by atoms with van der Waals surface area (Å²) in [5.74, 6) is 0. The molecule has 366 valence electrons. The molecule has 16 rings (SSSR count). The van der Waals surface area contributed by atoms with Gasteiger partial charge in [-0.2, -0.15) is 0 Å². The zero-order valence-electron chi connectivity index (χ0n) is 43.0. The maximum absolute atomic E-state index is 7.39. The molecule has 0 amide bonds. The Morgan fingerprint density at radius 1 is 0.269 bits per heavy atom. The largest absolute Gasteiger partial charge is 0.453 e. The van der Waals surface area contributed by atoms with E-state index in [9.17, 15) is 0 Å². The molecule has 0 saturated heterocycles. The van der Waals surface area contributed by atoms with Crippen LogP contribution >= 0.6 is 0 Å². The van der Waals surface area contributed by atoms with Crippen LogP contribution in [-0.4, -0.2) is 0 Å². The summed E-state index contributed by atoms with van der Waals surface area (Å²) in [5, 5.41) is 16.2. The molecule has 0 aliphatic carbocycles. The number of anilines is 6. The maximum atomic E-state index is 7.39. The quantitative estimate of drug-likeness (QED) is 0.142. The summed E-state index contributed by atoms with van der Waals surface area (Å²) in [6.45, 7) is 4.42. The van der Waals surface area contributed by atoms with Crippen molar-refractivity contribution in [3.8, 4) is 22.3 Å². The minimum atomic E-state index is 0.855. The molecule has 0 atom stereocenters. The number of furan rings is 2. The average Bonchev–Trinajstić information content (AvgIpc) is 4.28. The topological polar surface area (TPSA) is 32.8 Å². The first-order valence-electron chi connectivity index (χ1n) is 26.8. The summed E-state index contributed by atoms with van der Waals surface area (Å²) in [6.07, 6.45) is 0. The summed E-state index contributed by atoms with van der Waals surface area (Å²) in [7, 11) is 0. The number of para-hydroxylation sites is 2. The van der Waals surface area contributed by atoms with Gasteiger partial charge in [0.2, 0.25) is 0 Å². The lowest BCUT2D eigenvalue weighted by Crippen LogP contribution is -2.13. The number of aryl methyl sites for hydroxylation is 2. The van der Waals surface area contributed by atoms with Gasteiger partial charge in [0, 0.05) is 54.8 Å². The summed E-state index contributed by atoms with van der Waals surface area (Å²) in [6, 6.07) is 92.3. The Morgan fingerprint density at radius 2 is 0.628 bits per heavy atom. The molecule has 0 aliphatic rings. The first kappa shape index (κ1) is 44.2. The Morgan fingerprint density at radius 3 is 1.05 bits per heavy atom. The Balaban J connectivity index is 0.955. The number of rotatable bonds is 8. The third-order valence-corrected chi connectivity index (χ3v) is 16.4. The van der Waals surface area contributed by atoms with Crippen LogP contribution in [0.5, 0.6) is 0 Å². The second kappa shape index (κ2) is 17.2. The van der Waals surface area contributed by atoms with Crippen molar-refractivity contribution in [3.05, 3.63) is 266 Å². The van der Waals surface area contributed by atoms with E-state index in [1.165, 1.54) is 43.1 Å². The summed E-state index contributed by atoms with van der Waals surface area (Å²) >= 11 is 0. The van der Waals surface area contributed by atoms with Crippen molar-refractivity contribution in [2.75, 3.05) is 9.80 Å². The van der Waals surface area contributed by atoms with Crippen LogP contribution in [0.4, 0.5) is 34.1 Å². The van der Waals surface area contributed by atoms with Crippen molar-refractivity contribution in [2.45, 2.75) is 13.8 Å². The molecular weight excluding hydrogens is 949 g/mol. The number of nitrogens with zero attached hydrogens (tertiary/aromatic N) is 2. The predicted octanol–water partition coefficient (Wildman–Crippen LogP) is 21.6. The van der Waals surface area contributed by atoms with E-state index in [1.54, 1.807) is 0 Å². The van der Waals surface area contributed by atoms with Crippen LogP contribution in [0.3, 0.4) is 0 Å². The van der Waals surface area contributed by atoms with Crippen LogP contribution in [0.15, 0.2) is 264 Å². The van der Waals surface area contributed by atoms with Gasteiger partial charge in [-0.15, -0.1) is 0 Å². The standard InChI is InChI=1S/C74H48N2O2/c1-45-31-37-59-67-55-29-17-15-23-51(55)43-61(47-19-7-3-8-20-47)71(67)77-73(59)69(45)75(53-25-11-5-12-26-53)63-41-35-49-34-40-58-64(42-36-50-33-39-57(63)65(49)66(50)58)76(54-27-13-6-14-28-54)70-46(2)32-38-60-68-56-30-18-16-24-52(56)44-62(72(68)78-74(60)70)48-21-9-4-10-22-48/h3-44H,1-2H3. The van der Waals surface area contributed by atoms with E-state index < -0.39 is 0 Å². The summed E-state index contributed by atoms with van der Waals surface area (Å²) in [5.41, 5.74) is 16.4. The molecule has 0 bridgehead atoms. The summed E-state index contributed by atoms with van der Waals surface area (Å²) in [4.78, 5) is 4.87. The third-order valence-electron chi connectivity index (χ3n) is 16.4. The normalized spacial score (nSPS) is 12.0. The molecular formula is C74H48N2O2. The zero-order valence-corrected chi connectivity index (χ0v) is 43.0. The molecule has 0 fully saturated rings. The SMILES string of the molecule is Cc1ccc2c(oc3c(-c4ccccc4)cc4ccccc4c32)c1N(c1ccccc1)c1ccc2ccc3c(N(c4ccccc4)c4c(C)ccc5c4oc4c(-c6ccccc6)cc6ccccc6c45)ccc4ccc1c2c43. The van der Waals surface area contributed by atoms with Gasteiger partial charge in [0.15, 0.2) is 11.2 Å². The van der Waals surface area contributed by atoms with E-state index in [0.29, 0.717) is 0 Å². The van der Waals surface area contributed by atoms with Crippen LogP contribution in [-0.2, 0) is 0 Å². The van der Waals surface area contributed by atoms with Gasteiger partial charge < -0.3 is 18.6 Å². The molecule has 2 heterocycles. The van der Waals surface area contributed by atoms with Crippen molar-refractivity contribution in [2.24, 2.45) is 0 Å². The van der Waals surface area contributed by atoms with Gasteiger partial charge in [0.1, 0.15) is 11.2 Å². The molecule has 0 unspecified atom stereocenters.